The first-order valence-corrected chi connectivity index (χ1v) is 7.71. The lowest BCUT2D eigenvalue weighted by molar-refractivity contribution is 0.102. The first-order chi connectivity index (χ1) is 11.8. The maximum Gasteiger partial charge on any atom is 0.256 e. The minimum absolute atomic E-state index is 0.143. The fraction of sp³-hybridized carbons (Fsp3) is 0. The Morgan fingerprint density at radius 1 is 0.875 bits per heavy atom. The highest BCUT2D eigenvalue weighted by molar-refractivity contribution is 6.05. The van der Waals surface area contributed by atoms with E-state index in [1.54, 1.807) is 18.3 Å². The summed E-state index contributed by atoms with van der Waals surface area (Å²) in [5.41, 5.74) is 1.62. The Kier molecular flexibility index (Phi) is 3.56. The molecule has 0 saturated carbocycles. The minimum atomic E-state index is -0.143. The molecule has 0 radical (unpaired) electrons. The Labute approximate surface area is 139 Å². The Balaban J connectivity index is 1.82. The van der Waals surface area contributed by atoms with Gasteiger partial charge in [-0.1, -0.05) is 42.5 Å². The van der Waals surface area contributed by atoms with E-state index in [4.69, 9.17) is 0 Å². The van der Waals surface area contributed by atoms with E-state index in [-0.39, 0.29) is 5.91 Å². The molecule has 0 spiro atoms. The summed E-state index contributed by atoms with van der Waals surface area (Å²) in [4.78, 5) is 17.0. The Morgan fingerprint density at radius 2 is 1.62 bits per heavy atom. The van der Waals surface area contributed by atoms with Crippen molar-refractivity contribution in [2.24, 2.45) is 0 Å². The van der Waals surface area contributed by atoms with Crippen molar-refractivity contribution in [2.75, 3.05) is 5.32 Å². The number of pyridine rings is 1. The number of para-hydroxylation sites is 1. The van der Waals surface area contributed by atoms with Crippen LogP contribution in [0.5, 0.6) is 0 Å². The summed E-state index contributed by atoms with van der Waals surface area (Å²) in [5, 5.41) is 4.05. The maximum atomic E-state index is 12.5. The van der Waals surface area contributed by atoms with Gasteiger partial charge in [-0.05, 0) is 36.4 Å². The molecule has 1 N–H and O–H groups in total. The lowest BCUT2D eigenvalue weighted by atomic mass is 10.2. The second-order valence-corrected chi connectivity index (χ2v) is 5.43. The average Bonchev–Trinajstić information content (AvgIpc) is 3.01. The SMILES string of the molecule is O=C(Nc1cc2ccccc2n1-c1ccccn1)c1ccccc1. The van der Waals surface area contributed by atoms with Crippen LogP contribution in [-0.2, 0) is 0 Å². The molecule has 0 atom stereocenters. The number of fused-ring (bicyclic) bond motifs is 1. The van der Waals surface area contributed by atoms with Crippen molar-refractivity contribution in [1.82, 2.24) is 9.55 Å². The number of nitrogens with one attached hydrogen (secondary N) is 1. The third kappa shape index (κ3) is 2.54. The zero-order chi connectivity index (χ0) is 16.4. The van der Waals surface area contributed by atoms with Crippen molar-refractivity contribution in [3.8, 4) is 5.82 Å². The quantitative estimate of drug-likeness (QED) is 0.614. The highest BCUT2D eigenvalue weighted by Crippen LogP contribution is 2.27. The Morgan fingerprint density at radius 3 is 2.42 bits per heavy atom. The van der Waals surface area contributed by atoms with Crippen molar-refractivity contribution in [2.45, 2.75) is 0 Å². The van der Waals surface area contributed by atoms with Gasteiger partial charge in [0.1, 0.15) is 11.6 Å². The van der Waals surface area contributed by atoms with Crippen LogP contribution in [0.15, 0.2) is 85.1 Å². The van der Waals surface area contributed by atoms with Gasteiger partial charge < -0.3 is 5.32 Å². The highest BCUT2D eigenvalue weighted by Gasteiger charge is 2.14. The van der Waals surface area contributed by atoms with Gasteiger partial charge in [0.05, 0.1) is 5.52 Å². The topological polar surface area (TPSA) is 46.9 Å². The minimum Gasteiger partial charge on any atom is -0.308 e. The van der Waals surface area contributed by atoms with E-state index in [1.807, 2.05) is 71.3 Å². The molecule has 2 aromatic heterocycles. The number of hydrogen-bond donors (Lipinski definition) is 1. The molecule has 4 aromatic rings. The molecular formula is C20H15N3O. The normalized spacial score (nSPS) is 10.7. The van der Waals surface area contributed by atoms with E-state index in [0.29, 0.717) is 11.4 Å². The lowest BCUT2D eigenvalue weighted by Gasteiger charge is -2.11. The number of carbonyl (C=O) groups excluding carboxylic acids is 1. The van der Waals surface area contributed by atoms with Gasteiger partial charge in [0, 0.05) is 17.1 Å². The largest absolute Gasteiger partial charge is 0.308 e. The van der Waals surface area contributed by atoms with Gasteiger partial charge >= 0.3 is 0 Å². The first-order valence-electron chi connectivity index (χ1n) is 7.71. The predicted octanol–water partition coefficient (Wildman–Crippen LogP) is 4.28. The van der Waals surface area contributed by atoms with Crippen LogP contribution in [0, 0.1) is 0 Å². The number of carbonyl (C=O) groups is 1. The molecule has 0 unspecified atom stereocenters. The van der Waals surface area contributed by atoms with Crippen LogP contribution in [0.1, 0.15) is 10.4 Å². The van der Waals surface area contributed by atoms with Crippen molar-refractivity contribution >= 4 is 22.6 Å². The van der Waals surface area contributed by atoms with E-state index in [2.05, 4.69) is 10.3 Å². The van der Waals surface area contributed by atoms with Crippen LogP contribution in [-0.4, -0.2) is 15.5 Å². The summed E-state index contributed by atoms with van der Waals surface area (Å²) in [6.07, 6.45) is 1.74. The van der Waals surface area contributed by atoms with Gasteiger partial charge in [-0.3, -0.25) is 9.36 Å². The van der Waals surface area contributed by atoms with E-state index >= 15 is 0 Å². The number of anilines is 1. The van der Waals surface area contributed by atoms with Crippen LogP contribution in [0.3, 0.4) is 0 Å². The van der Waals surface area contributed by atoms with Crippen molar-refractivity contribution in [3.63, 3.8) is 0 Å². The number of hydrogen-bond acceptors (Lipinski definition) is 2. The Hall–Kier alpha value is -3.40. The van der Waals surface area contributed by atoms with Gasteiger partial charge in [-0.2, -0.15) is 0 Å². The summed E-state index contributed by atoms with van der Waals surface area (Å²) < 4.78 is 1.95. The fourth-order valence-electron chi connectivity index (χ4n) is 2.76. The molecule has 0 bridgehead atoms. The van der Waals surface area contributed by atoms with Crippen molar-refractivity contribution in [1.29, 1.82) is 0 Å². The molecule has 4 heteroatoms. The molecule has 2 aromatic carbocycles. The summed E-state index contributed by atoms with van der Waals surface area (Å²) in [5.74, 6) is 1.32. The summed E-state index contributed by atoms with van der Waals surface area (Å²) in [6.45, 7) is 0. The second-order valence-electron chi connectivity index (χ2n) is 5.43. The van der Waals surface area contributed by atoms with E-state index < -0.39 is 0 Å². The number of nitrogens with zero attached hydrogens (tertiary/aromatic N) is 2. The second kappa shape index (κ2) is 6.01. The van der Waals surface area contributed by atoms with Gasteiger partial charge in [-0.15, -0.1) is 0 Å². The third-order valence-corrected chi connectivity index (χ3v) is 3.87. The van der Waals surface area contributed by atoms with Crippen LogP contribution < -0.4 is 5.32 Å². The van der Waals surface area contributed by atoms with E-state index in [9.17, 15) is 4.79 Å². The monoisotopic (exact) mass is 313 g/mol. The molecule has 0 saturated heterocycles. The molecule has 0 aliphatic carbocycles. The summed E-state index contributed by atoms with van der Waals surface area (Å²) >= 11 is 0. The maximum absolute atomic E-state index is 12.5. The van der Waals surface area contributed by atoms with E-state index in [0.717, 1.165) is 16.7 Å². The van der Waals surface area contributed by atoms with Crippen LogP contribution >= 0.6 is 0 Å². The number of benzene rings is 2. The lowest BCUT2D eigenvalue weighted by Crippen LogP contribution is -2.14. The molecule has 24 heavy (non-hydrogen) atoms. The molecule has 0 fully saturated rings. The van der Waals surface area contributed by atoms with Gasteiger partial charge in [0.2, 0.25) is 0 Å². The zero-order valence-electron chi connectivity index (χ0n) is 12.9. The third-order valence-electron chi connectivity index (χ3n) is 3.87. The molecule has 4 rings (SSSR count). The summed E-state index contributed by atoms with van der Waals surface area (Å²) in [7, 11) is 0. The smallest absolute Gasteiger partial charge is 0.256 e. The van der Waals surface area contributed by atoms with Crippen molar-refractivity contribution < 1.29 is 4.79 Å². The number of amides is 1. The molecule has 0 aliphatic rings. The van der Waals surface area contributed by atoms with Crippen LogP contribution in [0.4, 0.5) is 5.82 Å². The fourth-order valence-corrected chi connectivity index (χ4v) is 2.76. The van der Waals surface area contributed by atoms with Crippen LogP contribution in [0.25, 0.3) is 16.7 Å². The molecule has 2 heterocycles. The molecule has 0 aliphatic heterocycles. The standard InChI is InChI=1S/C20H15N3O/c24-20(15-8-2-1-3-9-15)22-19-14-16-10-4-5-11-17(16)23(19)18-12-6-7-13-21-18/h1-14H,(H,22,24). The van der Waals surface area contributed by atoms with Gasteiger partial charge in [-0.25, -0.2) is 4.98 Å². The predicted molar refractivity (Wildman–Crippen MR) is 95.5 cm³/mol. The molecule has 1 amide bonds. The molecule has 4 nitrogen and oxygen atoms in total. The van der Waals surface area contributed by atoms with Crippen molar-refractivity contribution in [3.05, 3.63) is 90.6 Å². The van der Waals surface area contributed by atoms with Gasteiger partial charge in [0.25, 0.3) is 5.91 Å². The van der Waals surface area contributed by atoms with Crippen LogP contribution in [0.2, 0.25) is 0 Å². The number of rotatable bonds is 3. The van der Waals surface area contributed by atoms with E-state index in [1.165, 1.54) is 0 Å². The number of aromatic nitrogens is 2. The average molecular weight is 313 g/mol. The Bertz CT molecular complexity index is 991. The zero-order valence-corrected chi connectivity index (χ0v) is 12.9. The first kappa shape index (κ1) is 14.2. The highest BCUT2D eigenvalue weighted by atomic mass is 16.1. The van der Waals surface area contributed by atoms with Gasteiger partial charge in [0.15, 0.2) is 0 Å². The molecular weight excluding hydrogens is 298 g/mol. The molecule has 116 valence electrons. The summed E-state index contributed by atoms with van der Waals surface area (Å²) in [6, 6.07) is 24.9.